The van der Waals surface area contributed by atoms with Gasteiger partial charge in [-0.15, -0.1) is 11.3 Å². The van der Waals surface area contributed by atoms with E-state index in [1.165, 1.54) is 18.4 Å². The van der Waals surface area contributed by atoms with Crippen molar-refractivity contribution in [2.75, 3.05) is 23.4 Å². The predicted octanol–water partition coefficient (Wildman–Crippen LogP) is 4.61. The van der Waals surface area contributed by atoms with Crippen LogP contribution in [0.3, 0.4) is 0 Å². The number of amides is 2. The molecule has 2 aromatic carbocycles. The zero-order valence-corrected chi connectivity index (χ0v) is 20.7. The summed E-state index contributed by atoms with van der Waals surface area (Å²) in [5, 5.41) is 7.99. The van der Waals surface area contributed by atoms with E-state index in [0.717, 1.165) is 16.7 Å². The lowest BCUT2D eigenvalue weighted by molar-refractivity contribution is 0.102. The summed E-state index contributed by atoms with van der Waals surface area (Å²) in [5.41, 5.74) is 3.68. The topological polar surface area (TPSA) is 104 Å². The number of aryl methyl sites for hydroxylation is 2. The maximum absolute atomic E-state index is 13.0. The summed E-state index contributed by atoms with van der Waals surface area (Å²) in [4.78, 5) is 26.4. The number of rotatable bonds is 8. The quantitative estimate of drug-likeness (QED) is 0.415. The Kier molecular flexibility index (Phi) is 7.91. The monoisotopic (exact) mass is 505 g/mol. The summed E-state index contributed by atoms with van der Waals surface area (Å²) in [5.74, 6) is -0.781. The van der Waals surface area contributed by atoms with Gasteiger partial charge >= 0.3 is 0 Å². The fraction of sp³-hybridized carbons (Fsp3) is 0.217. The van der Waals surface area contributed by atoms with Crippen molar-refractivity contribution in [3.05, 3.63) is 80.0 Å². The molecule has 174 valence electrons. The SMILES string of the molecule is CNS(=O)(=O)CCc1csc(C(=O)Nc2ccc(C)cc2C(=O)Nc2ccc(Cl)cc2)c1C. The van der Waals surface area contributed by atoms with E-state index in [1.807, 2.05) is 13.0 Å². The van der Waals surface area contributed by atoms with Crippen LogP contribution in [0.2, 0.25) is 5.02 Å². The number of carbonyl (C=O) groups is 2. The third-order valence-electron chi connectivity index (χ3n) is 5.07. The summed E-state index contributed by atoms with van der Waals surface area (Å²) in [6.07, 6.45) is 0.304. The van der Waals surface area contributed by atoms with Gasteiger partial charge in [0.1, 0.15) is 0 Å². The van der Waals surface area contributed by atoms with Gasteiger partial charge in [0, 0.05) is 10.7 Å². The molecule has 0 radical (unpaired) electrons. The molecule has 3 rings (SSSR count). The standard InChI is InChI=1S/C23H24ClN3O4S2/c1-14-4-9-20(19(12-14)22(28)26-18-7-5-17(24)6-8-18)27-23(29)21-15(2)16(13-32-21)10-11-33(30,31)25-3/h4-9,12-13,25H,10-11H2,1-3H3,(H,26,28)(H,27,29). The molecule has 3 N–H and O–H groups in total. The zero-order valence-electron chi connectivity index (χ0n) is 18.4. The Morgan fingerprint density at radius 1 is 1.00 bits per heavy atom. The number of anilines is 2. The highest BCUT2D eigenvalue weighted by molar-refractivity contribution is 7.89. The molecule has 0 saturated carbocycles. The minimum atomic E-state index is -3.34. The van der Waals surface area contributed by atoms with Crippen LogP contribution in [0.1, 0.15) is 36.7 Å². The van der Waals surface area contributed by atoms with Crippen LogP contribution in [-0.4, -0.2) is 33.0 Å². The molecule has 0 atom stereocenters. The van der Waals surface area contributed by atoms with Gasteiger partial charge in [0.15, 0.2) is 0 Å². The lowest BCUT2D eigenvalue weighted by Crippen LogP contribution is -2.23. The minimum absolute atomic E-state index is 0.0604. The lowest BCUT2D eigenvalue weighted by Gasteiger charge is -2.13. The second-order valence-electron chi connectivity index (χ2n) is 7.45. The van der Waals surface area contributed by atoms with Crippen LogP contribution in [0, 0.1) is 13.8 Å². The van der Waals surface area contributed by atoms with Gasteiger partial charge in [-0.1, -0.05) is 23.2 Å². The van der Waals surface area contributed by atoms with Gasteiger partial charge in [0.05, 0.1) is 21.9 Å². The molecule has 1 heterocycles. The van der Waals surface area contributed by atoms with Crippen LogP contribution in [-0.2, 0) is 16.4 Å². The van der Waals surface area contributed by atoms with Crippen molar-refractivity contribution in [3.8, 4) is 0 Å². The third-order valence-corrected chi connectivity index (χ3v) is 7.81. The molecular weight excluding hydrogens is 482 g/mol. The van der Waals surface area contributed by atoms with Gasteiger partial charge in [-0.2, -0.15) is 0 Å². The van der Waals surface area contributed by atoms with Crippen molar-refractivity contribution >= 4 is 56.2 Å². The molecule has 7 nitrogen and oxygen atoms in total. The van der Waals surface area contributed by atoms with Gasteiger partial charge in [-0.05, 0) is 80.2 Å². The first-order chi connectivity index (χ1) is 15.6. The van der Waals surface area contributed by atoms with Crippen LogP contribution in [0.5, 0.6) is 0 Å². The van der Waals surface area contributed by atoms with Crippen LogP contribution in [0.15, 0.2) is 47.8 Å². The van der Waals surface area contributed by atoms with E-state index in [4.69, 9.17) is 11.6 Å². The smallest absolute Gasteiger partial charge is 0.266 e. The molecule has 0 fully saturated rings. The Morgan fingerprint density at radius 2 is 1.70 bits per heavy atom. The fourth-order valence-corrected chi connectivity index (χ4v) is 4.97. The number of hydrogen-bond donors (Lipinski definition) is 3. The van der Waals surface area contributed by atoms with Crippen LogP contribution in [0.4, 0.5) is 11.4 Å². The van der Waals surface area contributed by atoms with Crippen molar-refractivity contribution < 1.29 is 18.0 Å². The molecule has 0 spiro atoms. The maximum atomic E-state index is 13.0. The van der Waals surface area contributed by atoms with Crippen molar-refractivity contribution in [1.29, 1.82) is 0 Å². The van der Waals surface area contributed by atoms with E-state index < -0.39 is 10.0 Å². The number of sulfonamides is 1. The van der Waals surface area contributed by atoms with Gasteiger partial charge in [-0.25, -0.2) is 13.1 Å². The van der Waals surface area contributed by atoms with Crippen molar-refractivity contribution in [1.82, 2.24) is 4.72 Å². The van der Waals surface area contributed by atoms with Gasteiger partial charge in [0.2, 0.25) is 10.0 Å². The Hall–Kier alpha value is -2.72. The highest BCUT2D eigenvalue weighted by Crippen LogP contribution is 2.26. The second-order valence-corrected chi connectivity index (χ2v) is 10.8. The first-order valence-corrected chi connectivity index (χ1v) is 13.0. The van der Waals surface area contributed by atoms with Crippen LogP contribution >= 0.6 is 22.9 Å². The van der Waals surface area contributed by atoms with Crippen molar-refractivity contribution in [2.24, 2.45) is 0 Å². The zero-order chi connectivity index (χ0) is 24.2. The van der Waals surface area contributed by atoms with Gasteiger partial charge in [-0.3, -0.25) is 9.59 Å². The fourth-order valence-electron chi connectivity index (χ4n) is 3.13. The van der Waals surface area contributed by atoms with Gasteiger partial charge < -0.3 is 10.6 Å². The average molecular weight is 506 g/mol. The largest absolute Gasteiger partial charge is 0.322 e. The number of halogens is 1. The highest BCUT2D eigenvalue weighted by atomic mass is 35.5. The molecule has 3 aromatic rings. The van der Waals surface area contributed by atoms with Crippen LogP contribution < -0.4 is 15.4 Å². The normalized spacial score (nSPS) is 11.3. The van der Waals surface area contributed by atoms with E-state index in [2.05, 4.69) is 15.4 Å². The molecule has 2 amide bonds. The Balaban J connectivity index is 1.79. The van der Waals surface area contributed by atoms with E-state index in [-0.39, 0.29) is 17.6 Å². The number of nitrogens with one attached hydrogen (secondary N) is 3. The summed E-state index contributed by atoms with van der Waals surface area (Å²) >= 11 is 7.14. The Labute approximate surface area is 202 Å². The molecule has 0 unspecified atom stereocenters. The van der Waals surface area contributed by atoms with E-state index >= 15 is 0 Å². The third kappa shape index (κ3) is 6.42. The number of thiophene rings is 1. The molecule has 0 aliphatic carbocycles. The lowest BCUT2D eigenvalue weighted by atomic mass is 10.1. The van der Waals surface area contributed by atoms with E-state index in [0.29, 0.717) is 33.3 Å². The number of hydrogen-bond acceptors (Lipinski definition) is 5. The summed E-state index contributed by atoms with van der Waals surface area (Å²) < 4.78 is 25.7. The van der Waals surface area contributed by atoms with Crippen LogP contribution in [0.25, 0.3) is 0 Å². The first kappa shape index (κ1) is 24.9. The molecule has 0 saturated heterocycles. The maximum Gasteiger partial charge on any atom is 0.266 e. The highest BCUT2D eigenvalue weighted by Gasteiger charge is 2.19. The van der Waals surface area contributed by atoms with Gasteiger partial charge in [0.25, 0.3) is 11.8 Å². The Bertz CT molecular complexity index is 1290. The summed E-state index contributed by atoms with van der Waals surface area (Å²) in [6.45, 7) is 3.65. The number of benzene rings is 2. The Morgan fingerprint density at radius 3 is 2.36 bits per heavy atom. The average Bonchev–Trinajstić information content (AvgIpc) is 3.15. The van der Waals surface area contributed by atoms with E-state index in [9.17, 15) is 18.0 Å². The minimum Gasteiger partial charge on any atom is -0.322 e. The molecule has 1 aromatic heterocycles. The molecular formula is C23H24ClN3O4S2. The second kappa shape index (κ2) is 10.5. The predicted molar refractivity (Wildman–Crippen MR) is 134 cm³/mol. The summed E-state index contributed by atoms with van der Waals surface area (Å²) in [6, 6.07) is 11.9. The first-order valence-electron chi connectivity index (χ1n) is 10.1. The number of carbonyl (C=O) groups excluding carboxylic acids is 2. The molecule has 10 heteroatoms. The molecule has 33 heavy (non-hydrogen) atoms. The van der Waals surface area contributed by atoms with E-state index in [1.54, 1.807) is 48.7 Å². The molecule has 0 aliphatic rings. The van der Waals surface area contributed by atoms with Crippen molar-refractivity contribution in [3.63, 3.8) is 0 Å². The molecule has 0 aliphatic heterocycles. The summed E-state index contributed by atoms with van der Waals surface area (Å²) in [7, 11) is -1.97. The van der Waals surface area contributed by atoms with Crippen molar-refractivity contribution in [2.45, 2.75) is 20.3 Å². The molecule has 0 bridgehead atoms.